The predicted molar refractivity (Wildman–Crippen MR) is 2.06 cm³/mol. The van der Waals surface area contributed by atoms with Gasteiger partial charge < -0.3 is 53.6 Å². The molecule has 0 radical (unpaired) electrons. The second-order valence-electron chi connectivity index (χ2n) is 0. The van der Waals surface area contributed by atoms with Crippen molar-refractivity contribution in [3.8, 4) is 0 Å². The third-order valence-corrected chi connectivity index (χ3v) is 0. The summed E-state index contributed by atoms with van der Waals surface area (Å²) in [5, 5.41) is 0. The Kier molecular flexibility index (Phi) is 4810. The van der Waals surface area contributed by atoms with Crippen LogP contribution in [-0.2, 0) is 37.5 Å². The second-order valence-corrected chi connectivity index (χ2v) is 0. The van der Waals surface area contributed by atoms with E-state index in [1.807, 2.05) is 0 Å². The van der Waals surface area contributed by atoms with Gasteiger partial charge >= 0.3 is 0 Å². The molecule has 0 aliphatic carbocycles. The summed E-state index contributed by atoms with van der Waals surface area (Å²) in [5.74, 6) is 0. The van der Waals surface area contributed by atoms with Crippen LogP contribution in [-0.4, -0.2) is 0 Å². The van der Waals surface area contributed by atoms with Gasteiger partial charge in [0.25, 0.3) is 0 Å². The van der Waals surface area contributed by atoms with Gasteiger partial charge in [0.15, 0.2) is 0 Å². The van der Waals surface area contributed by atoms with Crippen molar-refractivity contribution in [2.24, 2.45) is 0 Å². The molecule has 0 aromatic carbocycles. The molecule has 0 aliphatic rings. The average Bonchev–Trinajstić information content (AvgIpc) is 0. The molecule has 0 saturated heterocycles. The van der Waals surface area contributed by atoms with Crippen LogP contribution in [0.25, 0.3) is 0 Å². The molecule has 0 fully saturated rings. The van der Waals surface area contributed by atoms with Crippen LogP contribution < -0.4 is 37.2 Å². The molecule has 0 saturated carbocycles. The summed E-state index contributed by atoms with van der Waals surface area (Å²) in [7, 11) is 0. The van der Waals surface area contributed by atoms with Crippen LogP contribution in [0.4, 0.5) is 0 Å². The minimum Gasteiger partial charge on any atom is -2.00 e. The van der Waals surface area contributed by atoms with Gasteiger partial charge in [-0.3, -0.25) is 0 Å². The number of hydrogen-bond acceptors (Lipinski definition) is 0. The molecule has 0 rings (SSSR count). The second kappa shape index (κ2) is 149. The Labute approximate surface area is 74.7 Å². The maximum absolute atomic E-state index is 0. The van der Waals surface area contributed by atoms with Gasteiger partial charge in [-0.05, 0) is 0 Å². The van der Waals surface area contributed by atoms with E-state index in [1.165, 1.54) is 0 Å². The minimum absolute atomic E-state index is 0. The van der Waals surface area contributed by atoms with Crippen molar-refractivity contribution in [3.63, 3.8) is 0 Å². The quantitative estimate of drug-likeness (QED) is 0.420. The van der Waals surface area contributed by atoms with E-state index in [-0.39, 0.29) is 74.7 Å². The van der Waals surface area contributed by atoms with Crippen molar-refractivity contribution in [2.75, 3.05) is 0 Å². The van der Waals surface area contributed by atoms with Gasteiger partial charge in [0.1, 0.15) is 0 Å². The van der Waals surface area contributed by atoms with Crippen molar-refractivity contribution in [3.05, 3.63) is 0 Å². The molecule has 0 heterocycles. The van der Waals surface area contributed by atoms with Crippen molar-refractivity contribution in [1.82, 2.24) is 0 Å². The first-order chi connectivity index (χ1) is 0. The summed E-state index contributed by atoms with van der Waals surface area (Å²) in [6, 6.07) is 0. The Morgan fingerprint density at radius 1 is 0.429 bits per heavy atom. The van der Waals surface area contributed by atoms with E-state index in [9.17, 15) is 0 Å². The molecule has 7 heavy (non-hydrogen) atoms. The van der Waals surface area contributed by atoms with Crippen LogP contribution in [0.2, 0.25) is 0 Å². The summed E-state index contributed by atoms with van der Waals surface area (Å²) < 4.78 is 0. The topological polar surface area (TPSA) is 85.5 Å². The van der Waals surface area contributed by atoms with Gasteiger partial charge in [-0.1, -0.05) is 0 Å². The maximum Gasteiger partial charge on any atom is 0 e. The number of rotatable bonds is 0. The van der Waals surface area contributed by atoms with Crippen molar-refractivity contribution in [2.45, 2.75) is 0 Å². The zero-order valence-electron chi connectivity index (χ0n) is 2.77. The molecule has 0 bridgehead atoms. The number of hydrogen-bond donors (Lipinski definition) is 0. The molecule has 3 nitrogen and oxygen atoms in total. The monoisotopic (exact) mass is 337 g/mol. The molecule has 0 amide bonds. The summed E-state index contributed by atoms with van der Waals surface area (Å²) in [4.78, 5) is 0. The molecule has 7 heteroatoms. The third-order valence-electron chi connectivity index (χ3n) is 0. The molecule has 0 aliphatic heterocycles. The fourth-order valence-electron chi connectivity index (χ4n) is 0. The normalized spacial score (nSPS) is 0. The maximum atomic E-state index is 0. The van der Waals surface area contributed by atoms with E-state index in [4.69, 9.17) is 0 Å². The van der Waals surface area contributed by atoms with Crippen molar-refractivity contribution in [1.29, 1.82) is 0 Å². The predicted octanol–water partition coefficient (Wildman–Crippen LogP) is -9.35. The Morgan fingerprint density at radius 2 is 0.429 bits per heavy atom. The van der Waals surface area contributed by atoms with E-state index in [0.717, 1.165) is 0 Å². The summed E-state index contributed by atoms with van der Waals surface area (Å²) >= 11 is 0. The molecule has 54 valence electrons. The van der Waals surface area contributed by atoms with Gasteiger partial charge in [-0.2, -0.15) is 0 Å². The van der Waals surface area contributed by atoms with Gasteiger partial charge in [-0.25, -0.2) is 0 Å². The van der Waals surface area contributed by atoms with Gasteiger partial charge in [-0.15, -0.1) is 0 Å². The van der Waals surface area contributed by atoms with Crippen LogP contribution in [0.3, 0.4) is 0 Å². The van der Waals surface area contributed by atoms with Crippen LogP contribution in [0.1, 0.15) is 0 Å². The first kappa shape index (κ1) is 226. The molecule has 0 N–H and O–H groups in total. The summed E-state index contributed by atoms with van der Waals surface area (Å²) in [6.45, 7) is 0. The Hall–Kier alpha value is 1.44. The Balaban J connectivity index is 0. The largest absolute Gasteiger partial charge is 2.00 e. The van der Waals surface area contributed by atoms with Crippen LogP contribution in [0.15, 0.2) is 0 Å². The first-order valence-corrected chi connectivity index (χ1v) is 0. The average molecular weight is 338 g/mol. The molecular formula is Cl3O3W-9. The van der Waals surface area contributed by atoms with Crippen LogP contribution >= 0.6 is 0 Å². The van der Waals surface area contributed by atoms with E-state index in [1.54, 1.807) is 0 Å². The van der Waals surface area contributed by atoms with E-state index in [2.05, 4.69) is 0 Å². The first-order valence-electron chi connectivity index (χ1n) is 0. The summed E-state index contributed by atoms with van der Waals surface area (Å²) in [5.41, 5.74) is 0. The van der Waals surface area contributed by atoms with E-state index >= 15 is 0 Å². The molecule has 0 unspecified atom stereocenters. The zero-order valence-corrected chi connectivity index (χ0v) is 7.97. The van der Waals surface area contributed by atoms with Gasteiger partial charge in [0, 0.05) is 21.1 Å². The summed E-state index contributed by atoms with van der Waals surface area (Å²) in [6.07, 6.45) is 0. The SMILES string of the molecule is [Cl-].[Cl-].[Cl-].[O-2].[O-2].[O-2].[W]. The van der Waals surface area contributed by atoms with Crippen molar-refractivity contribution >= 4 is 0 Å². The number of halogens is 3. The molecule has 0 spiro atoms. The van der Waals surface area contributed by atoms with Gasteiger partial charge in [0.2, 0.25) is 0 Å². The minimum atomic E-state index is 0. The molecule has 0 aromatic rings. The van der Waals surface area contributed by atoms with Crippen LogP contribution in [0.5, 0.6) is 0 Å². The van der Waals surface area contributed by atoms with E-state index in [0.29, 0.717) is 0 Å². The standard InChI is InChI=1S/3ClH.3O.W/h3*1H;;;;/q;;;3*-2;/p-3. The van der Waals surface area contributed by atoms with Gasteiger partial charge in [0.05, 0.1) is 0 Å². The van der Waals surface area contributed by atoms with Crippen LogP contribution in [0, 0.1) is 0 Å². The Morgan fingerprint density at radius 3 is 0.429 bits per heavy atom. The zero-order chi connectivity index (χ0) is 0. The van der Waals surface area contributed by atoms with E-state index < -0.39 is 0 Å². The fourth-order valence-corrected chi connectivity index (χ4v) is 0. The molecule has 0 atom stereocenters. The smallest absolute Gasteiger partial charge is 0 e. The van der Waals surface area contributed by atoms with Crippen molar-refractivity contribution < 1.29 is 74.7 Å². The Bertz CT molecular complexity index is 10.1. The molecule has 0 aromatic heterocycles. The third kappa shape index (κ3) is 106. The molecular weight excluding hydrogens is 338 g/mol. The fraction of sp³-hybridized carbons (Fsp3) is 0.